The van der Waals surface area contributed by atoms with Crippen molar-refractivity contribution in [3.8, 4) is 51.6 Å². The normalized spacial score (nSPS) is 15.3. The molecule has 10 aromatic carbocycles. The highest BCUT2D eigenvalue weighted by molar-refractivity contribution is 7.91. The van der Waals surface area contributed by atoms with Gasteiger partial charge in [-0.2, -0.15) is 15.8 Å². The van der Waals surface area contributed by atoms with Crippen LogP contribution in [0.2, 0.25) is 0 Å². The molecular weight excluding hydrogens is 1630 g/mol. The molecule has 4 aliphatic rings. The molecule has 14 rings (SSSR count). The number of amides is 5. The van der Waals surface area contributed by atoms with Crippen molar-refractivity contribution in [3.63, 3.8) is 0 Å². The number of rotatable bonds is 16. The number of carbonyl (C=O) groups is 8. The van der Waals surface area contributed by atoms with Gasteiger partial charge >= 0.3 is 17.9 Å². The molecule has 31 heteroatoms. The van der Waals surface area contributed by atoms with Crippen LogP contribution >= 0.6 is 12.4 Å². The van der Waals surface area contributed by atoms with E-state index in [1.807, 2.05) is 72.8 Å². The second kappa shape index (κ2) is 44.7. The lowest BCUT2D eigenvalue weighted by molar-refractivity contribution is -0.145. The van der Waals surface area contributed by atoms with Crippen LogP contribution in [0, 0.1) is 46.3 Å². The van der Waals surface area contributed by atoms with Crippen LogP contribution in [-0.2, 0) is 48.5 Å². The number of anilines is 3. The van der Waals surface area contributed by atoms with Crippen LogP contribution in [0.1, 0.15) is 121 Å². The van der Waals surface area contributed by atoms with E-state index in [1.54, 1.807) is 157 Å². The molecule has 0 aliphatic carbocycles. The molecule has 4 saturated heterocycles. The first kappa shape index (κ1) is 94.3. The number of primary sulfonamides is 1. The molecular formula is C92H92ClN13O15S2. The van der Waals surface area contributed by atoms with E-state index in [1.165, 1.54) is 60.1 Å². The predicted molar refractivity (Wildman–Crippen MR) is 469 cm³/mol. The van der Waals surface area contributed by atoms with Crippen molar-refractivity contribution in [2.45, 2.75) is 92.2 Å². The molecule has 11 N–H and O–H groups in total. The summed E-state index contributed by atoms with van der Waals surface area (Å²) in [7, 11) is -4.38. The number of sulfone groups is 1. The van der Waals surface area contributed by atoms with E-state index in [4.69, 9.17) is 47.6 Å². The Morgan fingerprint density at radius 1 is 0.472 bits per heavy atom. The topological polar surface area (TPSA) is 463 Å². The number of hydrogen-bond donors (Lipinski definition) is 8. The zero-order chi connectivity index (χ0) is 88.2. The van der Waals surface area contributed by atoms with Gasteiger partial charge in [-0.3, -0.25) is 34.2 Å². The molecule has 4 aliphatic heterocycles. The standard InChI is InChI=1S/C26H23N3O2.C25H25N5O4S.C14H14N2O3.C13H13NO2S.C8H5NO2.C6H11NO2.ClH/c1-18-6-2-3-9-23(18)20-11-13-22(14-12-20)28-25(30)24-10-5-15-29(24)26(31)21-8-4-7-19(16-21)17-27;26-23(27)17-5-3-6-18(15-17)25(32)30-14-4-8-21(30)24(31)29-19-12-10-16(11-13-19)20-7-1-2-9-22(20)35(28,33)34;1-19-14(18)12-6-3-7-16(12)13(17)11-5-2-4-10(8-11)9-15;1-17(15,16)13-5-3-2-4-12(13)10-6-8-11(14)9-7-10;9-5-6-2-1-3-7(4-6)8(10)11;1-9-6(8)5-3-2-4-7-5;/h2-4,6-9,11-14,16,24H,5,10,15H2,1H3,(H,28,30);1-3,5-7,9-13,15,21H,4,8,14H2,(H3,26,27)(H,29,31)(H2,28,33,34);2,4-5,8,12H,3,6-7H2,1H3;2-9H,14H2,1H3;1-4H,(H,10,11);5,7H,2-4H2,1H3;1H. The van der Waals surface area contributed by atoms with Crippen LogP contribution in [-0.4, -0.2) is 161 Å². The highest BCUT2D eigenvalue weighted by Gasteiger charge is 2.38. The van der Waals surface area contributed by atoms with Crippen molar-refractivity contribution in [2.24, 2.45) is 10.9 Å². The lowest BCUT2D eigenvalue weighted by Gasteiger charge is -2.24. The third-order valence-corrected chi connectivity index (χ3v) is 22.2. The molecule has 4 unspecified atom stereocenters. The highest BCUT2D eigenvalue weighted by Crippen LogP contribution is 2.32. The molecule has 10 aromatic rings. The molecule has 0 bridgehead atoms. The average Bonchev–Trinajstić information content (AvgIpc) is 1.77. The van der Waals surface area contributed by atoms with Gasteiger partial charge in [0.2, 0.25) is 21.8 Å². The Morgan fingerprint density at radius 2 is 0.846 bits per heavy atom. The van der Waals surface area contributed by atoms with Crippen LogP contribution in [0.25, 0.3) is 33.4 Å². The number of hydrogen-bond acceptors (Lipinski definition) is 20. The summed E-state index contributed by atoms with van der Waals surface area (Å²) in [6.07, 6.45) is 7.24. The quantitative estimate of drug-likeness (QED) is 0.0193. The Labute approximate surface area is 719 Å². The fraction of sp³-hybridized carbons (Fsp3) is 0.217. The number of aromatic carboxylic acids is 1. The number of aryl methyl sites for hydroxylation is 1. The number of likely N-dealkylation sites (tertiary alicyclic amines) is 3. The number of carboxylic acids is 1. The van der Waals surface area contributed by atoms with Crippen molar-refractivity contribution in [3.05, 3.63) is 293 Å². The Kier molecular flexibility index (Phi) is 34.3. The summed E-state index contributed by atoms with van der Waals surface area (Å²) in [5.41, 5.74) is 22.2. The van der Waals surface area contributed by atoms with Crippen LogP contribution < -0.4 is 32.6 Å². The van der Waals surface area contributed by atoms with Crippen molar-refractivity contribution >= 4 is 103 Å². The number of nitrogens with two attached hydrogens (primary N) is 3. The monoisotopic (exact) mass is 1720 g/mol. The number of nitrogen functional groups attached to an aromatic ring is 2. The molecule has 5 amide bonds. The molecule has 4 heterocycles. The van der Waals surface area contributed by atoms with E-state index < -0.39 is 44.0 Å². The van der Waals surface area contributed by atoms with E-state index >= 15 is 0 Å². The van der Waals surface area contributed by atoms with Gasteiger partial charge in [-0.25, -0.2) is 31.6 Å². The molecule has 634 valence electrons. The van der Waals surface area contributed by atoms with Gasteiger partial charge in [-0.15, -0.1) is 12.4 Å². The zero-order valence-corrected chi connectivity index (χ0v) is 70.1. The van der Waals surface area contributed by atoms with Crippen molar-refractivity contribution in [1.82, 2.24) is 20.0 Å². The van der Waals surface area contributed by atoms with E-state index in [-0.39, 0.29) is 76.2 Å². The number of halogens is 1. The predicted octanol–water partition coefficient (Wildman–Crippen LogP) is 12.6. The fourth-order valence-electron chi connectivity index (χ4n) is 13.9. The number of amidine groups is 1. The van der Waals surface area contributed by atoms with Gasteiger partial charge in [0.1, 0.15) is 30.0 Å². The van der Waals surface area contributed by atoms with Crippen LogP contribution in [0.4, 0.5) is 17.1 Å². The SMILES string of the molecule is COC(=O)C1CCCN1.COC(=O)C1CCCN1C(=O)c1cccc(C#N)c1.CS(=O)(=O)c1ccccc1-c1ccc(N)cc1.Cc1ccccc1-c1ccc(NC(=O)C2CCCN2C(=O)c2cccc(C#N)c2)cc1.Cl.N#Cc1cccc(C(=O)O)c1.N=C(N)c1cccc(C(=O)N2CCCC2C(=O)Nc2ccc(-c3ccccc3S(N)(=O)=O)cc2)c1. The Hall–Kier alpha value is -14.2. The fourth-order valence-corrected chi connectivity index (χ4v) is 15.6. The zero-order valence-electron chi connectivity index (χ0n) is 67.7. The minimum atomic E-state index is -3.89. The number of carbonyl (C=O) groups excluding carboxylic acids is 7. The van der Waals surface area contributed by atoms with Crippen LogP contribution in [0.5, 0.6) is 0 Å². The van der Waals surface area contributed by atoms with Gasteiger partial charge in [0, 0.05) is 76.3 Å². The first-order valence-electron chi connectivity index (χ1n) is 38.6. The van der Waals surface area contributed by atoms with Crippen molar-refractivity contribution < 1.29 is 69.8 Å². The maximum atomic E-state index is 13.1. The summed E-state index contributed by atoms with van der Waals surface area (Å²) in [5.74, 6) is -2.90. The summed E-state index contributed by atoms with van der Waals surface area (Å²) in [6.45, 7) is 4.53. The average molecular weight is 1720 g/mol. The van der Waals surface area contributed by atoms with Gasteiger partial charge in [0.25, 0.3) is 17.7 Å². The second-order valence-corrected chi connectivity index (χ2v) is 31.9. The van der Waals surface area contributed by atoms with Crippen LogP contribution in [0.3, 0.4) is 0 Å². The maximum absolute atomic E-state index is 13.1. The smallest absolute Gasteiger partial charge is 0.335 e. The van der Waals surface area contributed by atoms with Gasteiger partial charge in [-0.1, -0.05) is 127 Å². The number of carboxylic acid groups (broad SMARTS) is 1. The molecule has 0 radical (unpaired) electrons. The number of sulfonamides is 1. The summed E-state index contributed by atoms with van der Waals surface area (Å²) in [5, 5.41) is 56.6. The third kappa shape index (κ3) is 25.9. The third-order valence-electron chi connectivity index (χ3n) is 20.1. The lowest BCUT2D eigenvalue weighted by atomic mass is 10.0. The molecule has 0 aromatic heterocycles. The molecule has 0 spiro atoms. The minimum absolute atomic E-state index is 0. The maximum Gasteiger partial charge on any atom is 0.335 e. The van der Waals surface area contributed by atoms with Gasteiger partial charge < -0.3 is 56.7 Å². The first-order valence-corrected chi connectivity index (χ1v) is 42.0. The molecule has 4 atom stereocenters. The van der Waals surface area contributed by atoms with Gasteiger partial charge in [-0.05, 0) is 208 Å². The summed E-state index contributed by atoms with van der Waals surface area (Å²) in [6, 6.07) is 72.9. The first-order chi connectivity index (χ1) is 58.4. The lowest BCUT2D eigenvalue weighted by Crippen LogP contribution is -2.43. The molecule has 0 saturated carbocycles. The Bertz CT molecular complexity index is 5870. The van der Waals surface area contributed by atoms with Crippen molar-refractivity contribution in [2.75, 3.05) is 63.0 Å². The summed E-state index contributed by atoms with van der Waals surface area (Å²) >= 11 is 0. The van der Waals surface area contributed by atoms with Gasteiger partial charge in [0.05, 0.1) is 64.5 Å². The summed E-state index contributed by atoms with van der Waals surface area (Å²) < 4.78 is 56.4. The van der Waals surface area contributed by atoms with Crippen molar-refractivity contribution in [1.29, 1.82) is 21.2 Å². The summed E-state index contributed by atoms with van der Waals surface area (Å²) in [4.78, 5) is 102. The number of nitrogens with zero attached hydrogens (tertiary/aromatic N) is 6. The van der Waals surface area contributed by atoms with E-state index in [2.05, 4.69) is 39.7 Å². The molecule has 123 heavy (non-hydrogen) atoms. The number of nitrogens with one attached hydrogen (secondary N) is 4. The largest absolute Gasteiger partial charge is 0.478 e. The Balaban J connectivity index is 0.000000194. The number of ether oxygens (including phenoxy) is 2. The number of benzene rings is 10. The number of esters is 2. The van der Waals surface area contributed by atoms with E-state index in [9.17, 15) is 55.2 Å². The van der Waals surface area contributed by atoms with E-state index in [0.29, 0.717) is 123 Å². The van der Waals surface area contributed by atoms with Crippen LogP contribution in [0.15, 0.2) is 252 Å². The Morgan fingerprint density at radius 3 is 1.26 bits per heavy atom. The highest BCUT2D eigenvalue weighted by atomic mass is 35.5. The van der Waals surface area contributed by atoms with E-state index in [0.717, 1.165) is 48.9 Å². The molecule has 28 nitrogen and oxygen atoms in total. The number of nitriles is 3. The minimum Gasteiger partial charge on any atom is -0.478 e. The molecule has 4 fully saturated rings. The number of methoxy groups -OCH3 is 2. The second-order valence-electron chi connectivity index (χ2n) is 28.4. The van der Waals surface area contributed by atoms with Gasteiger partial charge in [0.15, 0.2) is 9.84 Å².